The molecule has 0 saturated carbocycles. The Morgan fingerprint density at radius 3 is 2.38 bits per heavy atom. The van der Waals surface area contributed by atoms with Gasteiger partial charge in [0.1, 0.15) is 0 Å². The van der Waals surface area contributed by atoms with Gasteiger partial charge in [0, 0.05) is 29.3 Å². The van der Waals surface area contributed by atoms with Gasteiger partial charge in [-0.2, -0.15) is 5.10 Å². The first-order valence-corrected chi connectivity index (χ1v) is 12.2. The van der Waals surface area contributed by atoms with Gasteiger partial charge < -0.3 is 10.1 Å². The normalized spacial score (nSPS) is 15.1. The van der Waals surface area contributed by atoms with Crippen LogP contribution in [0.5, 0.6) is 0 Å². The van der Waals surface area contributed by atoms with Crippen LogP contribution in [0.1, 0.15) is 47.6 Å². The van der Waals surface area contributed by atoms with Crippen LogP contribution in [0.4, 0.5) is 0 Å². The number of pyridine rings is 1. The van der Waals surface area contributed by atoms with E-state index < -0.39 is 12.0 Å². The summed E-state index contributed by atoms with van der Waals surface area (Å²) in [6.07, 6.45) is -0.122. The molecule has 7 nitrogen and oxygen atoms in total. The number of aromatic nitrogens is 1. The van der Waals surface area contributed by atoms with Crippen molar-refractivity contribution in [1.82, 2.24) is 9.99 Å². The third-order valence-electron chi connectivity index (χ3n) is 6.82. The van der Waals surface area contributed by atoms with E-state index in [1.54, 1.807) is 0 Å². The standard InChI is InChI=1S/C30H27N3O4/c1-18-11-13-20(14-12-18)28-22-9-5-6-10-23(22)31-30(37)29(28)24-17-25(21-8-4-3-7-19(21)2)33(32-24)26(34)15-16-27(35)36/h3-14,25H,15-17H2,1-2H3,(H,31,37)(H,35,36). The van der Waals surface area contributed by atoms with Crippen LogP contribution in [0.2, 0.25) is 0 Å². The molecule has 0 aliphatic carbocycles. The van der Waals surface area contributed by atoms with Crippen molar-refractivity contribution in [3.63, 3.8) is 0 Å². The molecule has 37 heavy (non-hydrogen) atoms. The summed E-state index contributed by atoms with van der Waals surface area (Å²) in [6.45, 7) is 3.98. The van der Waals surface area contributed by atoms with Gasteiger partial charge >= 0.3 is 5.97 Å². The average molecular weight is 494 g/mol. The lowest BCUT2D eigenvalue weighted by Crippen LogP contribution is -2.27. The van der Waals surface area contributed by atoms with E-state index in [2.05, 4.69) is 4.98 Å². The number of carbonyl (C=O) groups excluding carboxylic acids is 1. The summed E-state index contributed by atoms with van der Waals surface area (Å²) in [6, 6.07) is 22.9. The van der Waals surface area contributed by atoms with Gasteiger partial charge in [0.2, 0.25) is 5.91 Å². The van der Waals surface area contributed by atoms with Crippen LogP contribution in [0.15, 0.2) is 82.7 Å². The molecule has 0 spiro atoms. The number of fused-ring (bicyclic) bond motifs is 1. The van der Waals surface area contributed by atoms with Gasteiger partial charge in [-0.05, 0) is 36.6 Å². The number of carbonyl (C=O) groups is 2. The zero-order chi connectivity index (χ0) is 26.1. The van der Waals surface area contributed by atoms with Crippen LogP contribution in [-0.4, -0.2) is 32.7 Å². The Morgan fingerprint density at radius 2 is 1.65 bits per heavy atom. The van der Waals surface area contributed by atoms with E-state index in [4.69, 9.17) is 10.2 Å². The van der Waals surface area contributed by atoms with Gasteiger partial charge in [0.25, 0.3) is 5.56 Å². The number of amides is 1. The predicted octanol–water partition coefficient (Wildman–Crippen LogP) is 5.35. The number of aromatic amines is 1. The maximum Gasteiger partial charge on any atom is 0.303 e. The Morgan fingerprint density at radius 1 is 0.946 bits per heavy atom. The van der Waals surface area contributed by atoms with E-state index in [-0.39, 0.29) is 24.3 Å². The molecule has 1 amide bonds. The van der Waals surface area contributed by atoms with E-state index in [0.717, 1.165) is 38.7 Å². The second-order valence-electron chi connectivity index (χ2n) is 9.37. The van der Waals surface area contributed by atoms with Crippen LogP contribution in [-0.2, 0) is 9.59 Å². The Hall–Kier alpha value is -4.52. The Bertz CT molecular complexity index is 1600. The zero-order valence-electron chi connectivity index (χ0n) is 20.7. The zero-order valence-corrected chi connectivity index (χ0v) is 20.7. The summed E-state index contributed by atoms with van der Waals surface area (Å²) in [7, 11) is 0. The quantitative estimate of drug-likeness (QED) is 0.378. The molecule has 0 radical (unpaired) electrons. The fraction of sp³-hybridized carbons (Fsp3) is 0.200. The van der Waals surface area contributed by atoms with E-state index in [0.29, 0.717) is 17.7 Å². The van der Waals surface area contributed by atoms with Crippen LogP contribution < -0.4 is 5.56 Å². The number of rotatable bonds is 6. The molecule has 4 aromatic rings. The number of hydrogen-bond donors (Lipinski definition) is 2. The molecule has 5 rings (SSSR count). The van der Waals surface area contributed by atoms with Gasteiger partial charge in [0.15, 0.2) is 0 Å². The van der Waals surface area contributed by atoms with Gasteiger partial charge in [-0.25, -0.2) is 5.01 Å². The minimum atomic E-state index is -1.04. The molecule has 2 N–H and O–H groups in total. The lowest BCUT2D eigenvalue weighted by molar-refractivity contribution is -0.141. The summed E-state index contributed by atoms with van der Waals surface area (Å²) in [4.78, 5) is 40.9. The molecular formula is C30H27N3O4. The van der Waals surface area contributed by atoms with Crippen molar-refractivity contribution in [3.05, 3.63) is 105 Å². The van der Waals surface area contributed by atoms with Crippen LogP contribution in [0, 0.1) is 13.8 Å². The minimum absolute atomic E-state index is 0.173. The van der Waals surface area contributed by atoms with E-state index in [1.807, 2.05) is 86.6 Å². The topological polar surface area (TPSA) is 103 Å². The molecule has 0 fully saturated rings. The molecular weight excluding hydrogens is 466 g/mol. The number of aliphatic carboxylic acids is 1. The molecule has 1 aliphatic heterocycles. The van der Waals surface area contributed by atoms with Crippen molar-refractivity contribution in [2.24, 2.45) is 5.10 Å². The molecule has 1 aromatic heterocycles. The third-order valence-corrected chi connectivity index (χ3v) is 6.82. The highest BCUT2D eigenvalue weighted by atomic mass is 16.4. The predicted molar refractivity (Wildman–Crippen MR) is 144 cm³/mol. The molecule has 1 aliphatic rings. The van der Waals surface area contributed by atoms with Crippen LogP contribution in [0.25, 0.3) is 22.0 Å². The van der Waals surface area contributed by atoms with Crippen molar-refractivity contribution in [2.45, 2.75) is 39.2 Å². The highest BCUT2D eigenvalue weighted by molar-refractivity contribution is 6.12. The monoisotopic (exact) mass is 493 g/mol. The number of para-hydroxylation sites is 1. The molecule has 1 unspecified atom stereocenters. The van der Waals surface area contributed by atoms with Crippen molar-refractivity contribution in [2.75, 3.05) is 0 Å². The number of nitrogens with zero attached hydrogens (tertiary/aromatic N) is 2. The average Bonchev–Trinajstić information content (AvgIpc) is 3.32. The summed E-state index contributed by atoms with van der Waals surface area (Å²) in [5.41, 5.74) is 6.02. The van der Waals surface area contributed by atoms with Gasteiger partial charge in [0.05, 0.1) is 23.7 Å². The van der Waals surface area contributed by atoms with Crippen LogP contribution >= 0.6 is 0 Å². The second kappa shape index (κ2) is 9.85. The fourth-order valence-corrected chi connectivity index (χ4v) is 4.96. The number of carboxylic acid groups (broad SMARTS) is 1. The number of hydrazone groups is 1. The molecule has 3 aromatic carbocycles. The molecule has 186 valence electrons. The first kappa shape index (κ1) is 24.2. The summed E-state index contributed by atoms with van der Waals surface area (Å²) in [5.74, 6) is -1.43. The number of aryl methyl sites for hydroxylation is 2. The molecule has 0 saturated heterocycles. The summed E-state index contributed by atoms with van der Waals surface area (Å²) in [5, 5.41) is 16.1. The largest absolute Gasteiger partial charge is 0.481 e. The molecule has 0 bridgehead atoms. The number of nitrogens with one attached hydrogen (secondary N) is 1. The second-order valence-corrected chi connectivity index (χ2v) is 9.37. The van der Waals surface area contributed by atoms with Crippen molar-refractivity contribution in [3.8, 4) is 11.1 Å². The van der Waals surface area contributed by atoms with Gasteiger partial charge in [-0.3, -0.25) is 14.4 Å². The maximum absolute atomic E-state index is 13.6. The lowest BCUT2D eigenvalue weighted by atomic mass is 9.90. The fourth-order valence-electron chi connectivity index (χ4n) is 4.96. The highest BCUT2D eigenvalue weighted by Crippen LogP contribution is 2.38. The smallest absolute Gasteiger partial charge is 0.303 e. The Balaban J connectivity index is 1.70. The number of hydrogen-bond acceptors (Lipinski definition) is 4. The van der Waals surface area contributed by atoms with Crippen molar-refractivity contribution < 1.29 is 14.7 Å². The SMILES string of the molecule is Cc1ccc(-c2c(C3=NN(C(=O)CCC(=O)O)C(c4ccccc4C)C3)c(=O)[nH]c3ccccc23)cc1. The number of H-pyrrole nitrogens is 1. The highest BCUT2D eigenvalue weighted by Gasteiger charge is 2.36. The first-order valence-electron chi connectivity index (χ1n) is 12.2. The lowest BCUT2D eigenvalue weighted by Gasteiger charge is -2.23. The van der Waals surface area contributed by atoms with E-state index in [1.165, 1.54) is 5.01 Å². The first-order chi connectivity index (χ1) is 17.8. The molecule has 7 heteroatoms. The van der Waals surface area contributed by atoms with Crippen molar-refractivity contribution >= 4 is 28.5 Å². The van der Waals surface area contributed by atoms with E-state index >= 15 is 0 Å². The van der Waals surface area contributed by atoms with Crippen LogP contribution in [0.3, 0.4) is 0 Å². The van der Waals surface area contributed by atoms with Gasteiger partial charge in [-0.1, -0.05) is 72.3 Å². The Labute approximate surface area is 214 Å². The number of carboxylic acids is 1. The molecule has 2 heterocycles. The minimum Gasteiger partial charge on any atom is -0.481 e. The van der Waals surface area contributed by atoms with Crippen molar-refractivity contribution in [1.29, 1.82) is 0 Å². The summed E-state index contributed by atoms with van der Waals surface area (Å²) < 4.78 is 0. The molecule has 1 atom stereocenters. The number of benzene rings is 3. The van der Waals surface area contributed by atoms with E-state index in [9.17, 15) is 14.4 Å². The van der Waals surface area contributed by atoms with Gasteiger partial charge in [-0.15, -0.1) is 0 Å². The Kier molecular flexibility index (Phi) is 6.44. The summed E-state index contributed by atoms with van der Waals surface area (Å²) >= 11 is 0. The third kappa shape index (κ3) is 4.68. The maximum atomic E-state index is 13.6.